The molecule has 0 fully saturated rings. The lowest BCUT2D eigenvalue weighted by Gasteiger charge is -2.10. The quantitative estimate of drug-likeness (QED) is 0.309. The Balaban J connectivity index is 0.00000264. The normalized spacial score (nSPS) is 11.0. The van der Waals surface area contributed by atoms with Crippen LogP contribution in [0.2, 0.25) is 0 Å². The van der Waals surface area contributed by atoms with Crippen LogP contribution in [0, 0.1) is 13.8 Å². The summed E-state index contributed by atoms with van der Waals surface area (Å²) in [5.41, 5.74) is 2.49. The lowest BCUT2D eigenvalue weighted by molar-refractivity contribution is 0.740. The molecule has 0 aliphatic heterocycles. The number of aliphatic imine (C=N–C) groups is 1. The molecule has 6 heteroatoms. The van der Waals surface area contributed by atoms with Gasteiger partial charge in [-0.3, -0.25) is 4.99 Å². The molecule has 1 aromatic carbocycles. The molecule has 0 spiro atoms. The number of aromatic nitrogens is 1. The molecule has 1 aromatic heterocycles. The third kappa shape index (κ3) is 6.87. The monoisotopic (exact) mass is 444 g/mol. The first kappa shape index (κ1) is 19.9. The van der Waals surface area contributed by atoms with Crippen LogP contribution in [0.25, 0.3) is 0 Å². The van der Waals surface area contributed by atoms with Gasteiger partial charge in [0.2, 0.25) is 0 Å². The molecular weight excluding hydrogens is 419 g/mol. The molecule has 0 atom stereocenters. The number of hydrogen-bond acceptors (Lipinski definition) is 3. The van der Waals surface area contributed by atoms with Crippen LogP contribution in [-0.2, 0) is 13.0 Å². The molecule has 0 saturated heterocycles. The smallest absolute Gasteiger partial charge is 0.191 e. The Kier molecular flexibility index (Phi) is 9.16. The van der Waals surface area contributed by atoms with E-state index in [1.54, 1.807) is 18.4 Å². The average molecular weight is 444 g/mol. The highest BCUT2D eigenvalue weighted by molar-refractivity contribution is 14.0. The molecule has 4 nitrogen and oxygen atoms in total. The van der Waals surface area contributed by atoms with Crippen LogP contribution in [0.15, 0.2) is 35.3 Å². The van der Waals surface area contributed by atoms with Crippen molar-refractivity contribution in [2.45, 2.75) is 33.2 Å². The highest BCUT2D eigenvalue weighted by Gasteiger charge is 2.04. The summed E-state index contributed by atoms with van der Waals surface area (Å²) in [7, 11) is 1.80. The summed E-state index contributed by atoms with van der Waals surface area (Å²) in [5, 5.41) is 7.76. The van der Waals surface area contributed by atoms with E-state index < -0.39 is 0 Å². The second kappa shape index (κ2) is 10.6. The van der Waals surface area contributed by atoms with Gasteiger partial charge in [0.05, 0.1) is 12.2 Å². The van der Waals surface area contributed by atoms with Gasteiger partial charge in [-0.1, -0.05) is 30.3 Å². The van der Waals surface area contributed by atoms with Gasteiger partial charge in [-0.2, -0.15) is 0 Å². The molecule has 126 valence electrons. The standard InChI is InChI=1S/C17H24N4S.HI/c1-13-14(2)22-16(21-13)12-20-17(18-3)19-11-7-10-15-8-5-4-6-9-15;/h4-6,8-9H,7,10-12H2,1-3H3,(H2,18,19,20);1H. The number of guanidine groups is 1. The summed E-state index contributed by atoms with van der Waals surface area (Å²) < 4.78 is 0. The van der Waals surface area contributed by atoms with Gasteiger partial charge in [0.15, 0.2) is 5.96 Å². The predicted octanol–water partition coefficient (Wildman–Crippen LogP) is 3.68. The first-order valence-electron chi connectivity index (χ1n) is 7.60. The van der Waals surface area contributed by atoms with E-state index in [2.05, 4.69) is 57.9 Å². The van der Waals surface area contributed by atoms with Crippen molar-refractivity contribution in [2.75, 3.05) is 13.6 Å². The lowest BCUT2D eigenvalue weighted by atomic mass is 10.1. The average Bonchev–Trinajstić information content (AvgIpc) is 2.86. The summed E-state index contributed by atoms with van der Waals surface area (Å²) in [6.07, 6.45) is 2.16. The number of nitrogens with zero attached hydrogens (tertiary/aromatic N) is 2. The molecule has 0 amide bonds. The lowest BCUT2D eigenvalue weighted by Crippen LogP contribution is -2.37. The fraction of sp³-hybridized carbons (Fsp3) is 0.412. The van der Waals surface area contributed by atoms with Gasteiger partial charge in [-0.05, 0) is 32.3 Å². The van der Waals surface area contributed by atoms with Gasteiger partial charge >= 0.3 is 0 Å². The SMILES string of the molecule is CN=C(NCCCc1ccccc1)NCc1nc(C)c(C)s1.I. The van der Waals surface area contributed by atoms with E-state index in [4.69, 9.17) is 0 Å². The van der Waals surface area contributed by atoms with Crippen molar-refractivity contribution >= 4 is 41.3 Å². The van der Waals surface area contributed by atoms with Gasteiger partial charge in [-0.15, -0.1) is 35.3 Å². The minimum absolute atomic E-state index is 0. The molecule has 0 unspecified atom stereocenters. The second-order valence-corrected chi connectivity index (χ2v) is 6.48. The molecule has 0 radical (unpaired) electrons. The van der Waals surface area contributed by atoms with Crippen molar-refractivity contribution in [3.05, 3.63) is 51.5 Å². The molecule has 2 aromatic rings. The maximum absolute atomic E-state index is 4.53. The molecule has 0 saturated carbocycles. The maximum Gasteiger partial charge on any atom is 0.191 e. The van der Waals surface area contributed by atoms with Crippen molar-refractivity contribution in [1.29, 1.82) is 0 Å². The number of hydrogen-bond donors (Lipinski definition) is 2. The molecule has 1 heterocycles. The molecule has 23 heavy (non-hydrogen) atoms. The van der Waals surface area contributed by atoms with E-state index in [-0.39, 0.29) is 24.0 Å². The van der Waals surface area contributed by atoms with Gasteiger partial charge in [0, 0.05) is 18.5 Å². The van der Waals surface area contributed by atoms with Crippen LogP contribution in [-0.4, -0.2) is 24.5 Å². The first-order chi connectivity index (χ1) is 10.7. The van der Waals surface area contributed by atoms with E-state index >= 15 is 0 Å². The number of aryl methyl sites for hydroxylation is 3. The Morgan fingerprint density at radius 1 is 1.17 bits per heavy atom. The Labute approximate surface area is 159 Å². The number of halogens is 1. The predicted molar refractivity (Wildman–Crippen MR) is 110 cm³/mol. The van der Waals surface area contributed by atoms with Gasteiger partial charge in [0.25, 0.3) is 0 Å². The molecule has 0 aliphatic rings. The Morgan fingerprint density at radius 2 is 1.91 bits per heavy atom. The van der Waals surface area contributed by atoms with Crippen LogP contribution in [0.3, 0.4) is 0 Å². The summed E-state index contributed by atoms with van der Waals surface area (Å²) >= 11 is 1.74. The van der Waals surface area contributed by atoms with E-state index in [1.165, 1.54) is 10.4 Å². The van der Waals surface area contributed by atoms with E-state index in [0.29, 0.717) is 0 Å². The second-order valence-electron chi connectivity index (χ2n) is 5.19. The molecule has 0 bridgehead atoms. The Morgan fingerprint density at radius 3 is 2.52 bits per heavy atom. The fourth-order valence-electron chi connectivity index (χ4n) is 2.14. The zero-order valence-electron chi connectivity index (χ0n) is 13.9. The minimum Gasteiger partial charge on any atom is -0.356 e. The number of rotatable bonds is 6. The third-order valence-electron chi connectivity index (χ3n) is 3.48. The Hall–Kier alpha value is -1.15. The van der Waals surface area contributed by atoms with Crippen molar-refractivity contribution in [3.8, 4) is 0 Å². The van der Waals surface area contributed by atoms with Crippen LogP contribution in [0.4, 0.5) is 0 Å². The zero-order chi connectivity index (χ0) is 15.8. The summed E-state index contributed by atoms with van der Waals surface area (Å²) in [5.74, 6) is 0.832. The third-order valence-corrected chi connectivity index (χ3v) is 4.55. The largest absolute Gasteiger partial charge is 0.356 e. The minimum atomic E-state index is 0. The molecule has 2 N–H and O–H groups in total. The zero-order valence-corrected chi connectivity index (χ0v) is 17.1. The Bertz CT molecular complexity index is 591. The highest BCUT2D eigenvalue weighted by Crippen LogP contribution is 2.15. The van der Waals surface area contributed by atoms with Gasteiger partial charge < -0.3 is 10.6 Å². The van der Waals surface area contributed by atoms with E-state index in [9.17, 15) is 0 Å². The molecular formula is C17H25IN4S. The van der Waals surface area contributed by atoms with Crippen LogP contribution in [0.5, 0.6) is 0 Å². The van der Waals surface area contributed by atoms with Gasteiger partial charge in [0.1, 0.15) is 5.01 Å². The summed E-state index contributed by atoms with van der Waals surface area (Å²) in [6.45, 7) is 5.78. The van der Waals surface area contributed by atoms with Crippen LogP contribution < -0.4 is 10.6 Å². The fourth-order valence-corrected chi connectivity index (χ4v) is 3.01. The molecule has 0 aliphatic carbocycles. The van der Waals surface area contributed by atoms with Crippen molar-refractivity contribution in [2.24, 2.45) is 4.99 Å². The van der Waals surface area contributed by atoms with Crippen molar-refractivity contribution in [3.63, 3.8) is 0 Å². The van der Waals surface area contributed by atoms with Crippen LogP contribution >= 0.6 is 35.3 Å². The topological polar surface area (TPSA) is 49.3 Å². The van der Waals surface area contributed by atoms with Crippen molar-refractivity contribution in [1.82, 2.24) is 15.6 Å². The number of nitrogens with one attached hydrogen (secondary N) is 2. The van der Waals surface area contributed by atoms with Crippen LogP contribution in [0.1, 0.15) is 27.6 Å². The van der Waals surface area contributed by atoms with Crippen molar-refractivity contribution < 1.29 is 0 Å². The van der Waals surface area contributed by atoms with E-state index in [1.807, 2.05) is 6.92 Å². The summed E-state index contributed by atoms with van der Waals surface area (Å²) in [4.78, 5) is 10.1. The molecule has 2 rings (SSSR count). The summed E-state index contributed by atoms with van der Waals surface area (Å²) in [6, 6.07) is 10.6. The highest BCUT2D eigenvalue weighted by atomic mass is 127. The van der Waals surface area contributed by atoms with E-state index in [0.717, 1.165) is 42.6 Å². The number of benzene rings is 1. The first-order valence-corrected chi connectivity index (χ1v) is 8.42. The van der Waals surface area contributed by atoms with Gasteiger partial charge in [-0.25, -0.2) is 4.98 Å². The maximum atomic E-state index is 4.53. The number of thiazole rings is 1.